The molecule has 1 fully saturated rings. The number of likely N-dealkylation sites (N-methyl/N-ethyl adjacent to an activating group) is 1. The van der Waals surface area contributed by atoms with Crippen LogP contribution in [0.5, 0.6) is 0 Å². The number of rotatable bonds is 6. The molecular formula is C21H27N3O3S. The number of hydrogen-bond acceptors (Lipinski definition) is 4. The minimum atomic E-state index is -3.71. The summed E-state index contributed by atoms with van der Waals surface area (Å²) in [7, 11) is -2.29. The molecular weight excluding hydrogens is 374 g/mol. The van der Waals surface area contributed by atoms with Crippen molar-refractivity contribution in [2.75, 3.05) is 36.9 Å². The summed E-state index contributed by atoms with van der Waals surface area (Å²) in [4.78, 5) is 14.9. The van der Waals surface area contributed by atoms with Gasteiger partial charge in [-0.15, -0.1) is 0 Å². The molecule has 0 aromatic heterocycles. The summed E-state index contributed by atoms with van der Waals surface area (Å²) in [6, 6.07) is 12.5. The number of carbonyl (C=O) groups is 1. The fourth-order valence-corrected chi connectivity index (χ4v) is 4.45. The molecule has 0 bridgehead atoms. The Balaban J connectivity index is 1.65. The molecule has 7 heteroatoms. The van der Waals surface area contributed by atoms with E-state index < -0.39 is 10.0 Å². The molecule has 0 spiro atoms. The molecule has 0 saturated carbocycles. The molecule has 0 atom stereocenters. The Hall–Kier alpha value is -2.38. The normalized spacial score (nSPS) is 14.5. The lowest BCUT2D eigenvalue weighted by Crippen LogP contribution is -2.35. The SMILES string of the molecule is Cc1ccc(S(=O)(=O)N(C)CC(=O)Nc2ccc(N3CCCC3)cc2C)cc1. The summed E-state index contributed by atoms with van der Waals surface area (Å²) in [6.07, 6.45) is 2.42. The van der Waals surface area contributed by atoms with Crippen molar-refractivity contribution >= 4 is 27.3 Å². The second-order valence-corrected chi connectivity index (χ2v) is 9.36. The van der Waals surface area contributed by atoms with Crippen LogP contribution in [0.25, 0.3) is 0 Å². The first-order chi connectivity index (χ1) is 13.3. The minimum absolute atomic E-state index is 0.180. The van der Waals surface area contributed by atoms with Crippen molar-refractivity contribution in [1.29, 1.82) is 0 Å². The summed E-state index contributed by atoms with van der Waals surface area (Å²) in [6.45, 7) is 5.72. The summed E-state index contributed by atoms with van der Waals surface area (Å²) in [5.41, 5.74) is 3.80. The first-order valence-electron chi connectivity index (χ1n) is 9.46. The number of amides is 1. The molecule has 1 amide bonds. The number of anilines is 2. The van der Waals surface area contributed by atoms with E-state index in [1.54, 1.807) is 24.3 Å². The van der Waals surface area contributed by atoms with Crippen molar-refractivity contribution in [3.8, 4) is 0 Å². The third kappa shape index (κ3) is 4.54. The van der Waals surface area contributed by atoms with E-state index in [-0.39, 0.29) is 17.3 Å². The maximum Gasteiger partial charge on any atom is 0.243 e. The molecule has 1 saturated heterocycles. The molecule has 0 radical (unpaired) electrons. The smallest absolute Gasteiger partial charge is 0.243 e. The fraction of sp³-hybridized carbons (Fsp3) is 0.381. The molecule has 0 unspecified atom stereocenters. The zero-order valence-corrected chi connectivity index (χ0v) is 17.4. The monoisotopic (exact) mass is 401 g/mol. The van der Waals surface area contributed by atoms with Gasteiger partial charge in [-0.2, -0.15) is 4.31 Å². The number of aryl methyl sites for hydroxylation is 2. The van der Waals surface area contributed by atoms with Crippen molar-refractivity contribution in [2.45, 2.75) is 31.6 Å². The zero-order valence-electron chi connectivity index (χ0n) is 16.6. The van der Waals surface area contributed by atoms with Crippen molar-refractivity contribution in [3.05, 3.63) is 53.6 Å². The zero-order chi connectivity index (χ0) is 20.3. The Kier molecular flexibility index (Phi) is 6.05. The summed E-state index contributed by atoms with van der Waals surface area (Å²) in [5.74, 6) is -0.366. The Labute approximate surface area is 167 Å². The molecule has 150 valence electrons. The molecule has 1 N–H and O–H groups in total. The highest BCUT2D eigenvalue weighted by Gasteiger charge is 2.23. The Morgan fingerprint density at radius 1 is 1.07 bits per heavy atom. The maximum absolute atomic E-state index is 12.6. The number of hydrogen-bond donors (Lipinski definition) is 1. The molecule has 1 aliphatic rings. The highest BCUT2D eigenvalue weighted by molar-refractivity contribution is 7.89. The van der Waals surface area contributed by atoms with Crippen LogP contribution in [0.15, 0.2) is 47.4 Å². The van der Waals surface area contributed by atoms with Gasteiger partial charge in [-0.25, -0.2) is 8.42 Å². The van der Waals surface area contributed by atoms with Crippen molar-refractivity contribution < 1.29 is 13.2 Å². The second kappa shape index (κ2) is 8.32. The average Bonchev–Trinajstić information content (AvgIpc) is 3.18. The third-order valence-corrected chi connectivity index (χ3v) is 6.87. The van der Waals surface area contributed by atoms with Gasteiger partial charge in [0.1, 0.15) is 0 Å². The molecule has 3 rings (SSSR count). The molecule has 1 heterocycles. The van der Waals surface area contributed by atoms with Gasteiger partial charge in [-0.3, -0.25) is 4.79 Å². The summed E-state index contributed by atoms with van der Waals surface area (Å²) >= 11 is 0. The van der Waals surface area contributed by atoms with Gasteiger partial charge in [0.25, 0.3) is 0 Å². The van der Waals surface area contributed by atoms with Crippen LogP contribution < -0.4 is 10.2 Å². The van der Waals surface area contributed by atoms with Crippen LogP contribution in [0.1, 0.15) is 24.0 Å². The first kappa shape index (κ1) is 20.4. The van der Waals surface area contributed by atoms with Gasteiger partial charge in [0, 0.05) is 31.5 Å². The lowest BCUT2D eigenvalue weighted by atomic mass is 10.1. The van der Waals surface area contributed by atoms with Crippen molar-refractivity contribution in [3.63, 3.8) is 0 Å². The van der Waals surface area contributed by atoms with Gasteiger partial charge >= 0.3 is 0 Å². The number of carbonyl (C=O) groups excluding carboxylic acids is 1. The van der Waals surface area contributed by atoms with Crippen LogP contribution in [-0.2, 0) is 14.8 Å². The Morgan fingerprint density at radius 2 is 1.71 bits per heavy atom. The largest absolute Gasteiger partial charge is 0.372 e. The van der Waals surface area contributed by atoms with Gasteiger partial charge in [0.2, 0.25) is 15.9 Å². The van der Waals surface area contributed by atoms with Crippen LogP contribution >= 0.6 is 0 Å². The number of sulfonamides is 1. The van der Waals surface area contributed by atoms with E-state index in [4.69, 9.17) is 0 Å². The average molecular weight is 402 g/mol. The van der Waals surface area contributed by atoms with E-state index in [1.165, 1.54) is 19.9 Å². The van der Waals surface area contributed by atoms with Gasteiger partial charge in [0.05, 0.1) is 11.4 Å². The van der Waals surface area contributed by atoms with E-state index in [0.717, 1.165) is 34.2 Å². The standard InChI is InChI=1S/C21H27N3O3S/c1-16-6-9-19(10-7-16)28(26,27)23(3)15-21(25)22-20-11-8-18(14-17(20)2)24-12-4-5-13-24/h6-11,14H,4-5,12-13,15H2,1-3H3,(H,22,25). The lowest BCUT2D eigenvalue weighted by Gasteiger charge is -2.20. The minimum Gasteiger partial charge on any atom is -0.372 e. The molecule has 2 aromatic rings. The van der Waals surface area contributed by atoms with Crippen LogP contribution in [0.3, 0.4) is 0 Å². The van der Waals surface area contributed by atoms with Gasteiger partial charge < -0.3 is 10.2 Å². The molecule has 1 aliphatic heterocycles. The van der Waals surface area contributed by atoms with Crippen LogP contribution in [0.2, 0.25) is 0 Å². The molecule has 0 aliphatic carbocycles. The van der Waals surface area contributed by atoms with E-state index in [2.05, 4.69) is 16.3 Å². The quantitative estimate of drug-likeness (QED) is 0.807. The van der Waals surface area contributed by atoms with Gasteiger partial charge in [-0.1, -0.05) is 17.7 Å². The highest BCUT2D eigenvalue weighted by atomic mass is 32.2. The van der Waals surface area contributed by atoms with Crippen molar-refractivity contribution in [1.82, 2.24) is 4.31 Å². The fourth-order valence-electron chi connectivity index (χ4n) is 3.33. The van der Waals surface area contributed by atoms with E-state index >= 15 is 0 Å². The third-order valence-electron chi connectivity index (χ3n) is 5.05. The van der Waals surface area contributed by atoms with E-state index in [9.17, 15) is 13.2 Å². The Bertz CT molecular complexity index is 949. The second-order valence-electron chi connectivity index (χ2n) is 7.32. The van der Waals surface area contributed by atoms with Crippen LogP contribution in [0, 0.1) is 13.8 Å². The maximum atomic E-state index is 12.6. The molecule has 2 aromatic carbocycles. The predicted octanol–water partition coefficient (Wildman–Crippen LogP) is 3.16. The summed E-state index contributed by atoms with van der Waals surface area (Å²) < 4.78 is 26.3. The summed E-state index contributed by atoms with van der Waals surface area (Å²) in [5, 5.41) is 2.83. The van der Waals surface area contributed by atoms with E-state index in [0.29, 0.717) is 5.69 Å². The Morgan fingerprint density at radius 3 is 2.32 bits per heavy atom. The van der Waals surface area contributed by atoms with Crippen molar-refractivity contribution in [2.24, 2.45) is 0 Å². The topological polar surface area (TPSA) is 69.7 Å². The predicted molar refractivity (Wildman–Crippen MR) is 112 cm³/mol. The molecule has 6 nitrogen and oxygen atoms in total. The van der Waals surface area contributed by atoms with Gasteiger partial charge in [0.15, 0.2) is 0 Å². The van der Waals surface area contributed by atoms with E-state index in [1.807, 2.05) is 26.0 Å². The first-order valence-corrected chi connectivity index (χ1v) is 10.9. The number of nitrogens with zero attached hydrogens (tertiary/aromatic N) is 2. The molecule has 28 heavy (non-hydrogen) atoms. The number of benzene rings is 2. The van der Waals surface area contributed by atoms with Crippen LogP contribution in [0.4, 0.5) is 11.4 Å². The van der Waals surface area contributed by atoms with Gasteiger partial charge in [-0.05, 0) is 62.6 Å². The van der Waals surface area contributed by atoms with Crippen LogP contribution in [-0.4, -0.2) is 45.3 Å². The lowest BCUT2D eigenvalue weighted by molar-refractivity contribution is -0.116. The highest BCUT2D eigenvalue weighted by Crippen LogP contribution is 2.25. The number of nitrogens with one attached hydrogen (secondary N) is 1.